The van der Waals surface area contributed by atoms with E-state index < -0.39 is 5.76 Å². The molecule has 0 unspecified atom stereocenters. The Morgan fingerprint density at radius 1 is 1.33 bits per heavy atom. The van der Waals surface area contributed by atoms with Crippen LogP contribution in [0.5, 0.6) is 0 Å². The summed E-state index contributed by atoms with van der Waals surface area (Å²) in [5.41, 5.74) is 2.86. The van der Waals surface area contributed by atoms with Crippen LogP contribution in [-0.4, -0.2) is 22.6 Å². The van der Waals surface area contributed by atoms with Gasteiger partial charge in [0, 0.05) is 5.69 Å². The number of amides is 2. The van der Waals surface area contributed by atoms with Gasteiger partial charge in [0.1, 0.15) is 5.03 Å². The maximum atomic E-state index is 12.2. The van der Waals surface area contributed by atoms with E-state index in [1.54, 1.807) is 12.1 Å². The number of anilines is 2. The molecule has 2 aromatic rings. The fourth-order valence-electron chi connectivity index (χ4n) is 2.38. The minimum absolute atomic E-state index is 0.0561. The third-order valence-corrected chi connectivity index (χ3v) is 4.06. The number of pyridine rings is 1. The maximum absolute atomic E-state index is 12.2. The number of benzene rings is 1. The zero-order valence-electron chi connectivity index (χ0n) is 12.4. The molecule has 2 N–H and O–H groups in total. The van der Waals surface area contributed by atoms with E-state index in [-0.39, 0.29) is 23.3 Å². The van der Waals surface area contributed by atoms with Gasteiger partial charge in [-0.2, -0.15) is 8.78 Å². The summed E-state index contributed by atoms with van der Waals surface area (Å²) in [5.74, 6) is -2.84. The van der Waals surface area contributed by atoms with Gasteiger partial charge in [-0.15, -0.1) is 0 Å². The number of fused-ring (bicyclic) bond motifs is 1. The monoisotopic (exact) mass is 349 g/mol. The highest BCUT2D eigenvalue weighted by Crippen LogP contribution is 2.25. The van der Waals surface area contributed by atoms with Gasteiger partial charge in [-0.1, -0.05) is 12.1 Å². The molecular weight excluding hydrogens is 336 g/mol. The fourth-order valence-corrected chi connectivity index (χ4v) is 2.82. The van der Waals surface area contributed by atoms with Crippen molar-refractivity contribution in [1.29, 1.82) is 0 Å². The minimum Gasteiger partial charge on any atom is -0.326 e. The Bertz CT molecular complexity index is 781. The molecule has 0 spiro atoms. The lowest BCUT2D eigenvalue weighted by atomic mass is 10.1. The molecule has 0 atom stereocenters. The molecule has 0 radical (unpaired) electrons. The molecule has 0 saturated heterocycles. The van der Waals surface area contributed by atoms with Crippen LogP contribution < -0.4 is 10.6 Å². The summed E-state index contributed by atoms with van der Waals surface area (Å²) in [6.45, 7) is 0. The lowest BCUT2D eigenvalue weighted by molar-refractivity contribution is -0.116. The molecule has 8 heteroatoms. The average molecular weight is 349 g/mol. The van der Waals surface area contributed by atoms with E-state index in [2.05, 4.69) is 15.6 Å². The Labute approximate surface area is 140 Å². The maximum Gasteiger partial charge on any atom is 0.290 e. The van der Waals surface area contributed by atoms with E-state index in [0.29, 0.717) is 23.9 Å². The van der Waals surface area contributed by atoms with Crippen LogP contribution in [0.2, 0.25) is 0 Å². The molecule has 0 fully saturated rings. The van der Waals surface area contributed by atoms with Gasteiger partial charge in [0.2, 0.25) is 11.8 Å². The lowest BCUT2D eigenvalue weighted by Crippen LogP contribution is -2.14. The van der Waals surface area contributed by atoms with Crippen LogP contribution in [0.25, 0.3) is 0 Å². The van der Waals surface area contributed by atoms with Crippen molar-refractivity contribution < 1.29 is 18.4 Å². The number of aromatic nitrogens is 1. The topological polar surface area (TPSA) is 71.1 Å². The van der Waals surface area contributed by atoms with Crippen molar-refractivity contribution in [1.82, 2.24) is 4.98 Å². The van der Waals surface area contributed by atoms with Crippen molar-refractivity contribution in [2.75, 3.05) is 10.6 Å². The van der Waals surface area contributed by atoms with Crippen molar-refractivity contribution in [3.8, 4) is 0 Å². The Hall–Kier alpha value is -2.48. The first-order valence-corrected chi connectivity index (χ1v) is 8.00. The highest BCUT2D eigenvalue weighted by atomic mass is 32.2. The van der Waals surface area contributed by atoms with Crippen LogP contribution in [-0.2, 0) is 22.4 Å². The molecule has 2 heterocycles. The summed E-state index contributed by atoms with van der Waals surface area (Å²) < 4.78 is 24.4. The standard InChI is InChI=1S/C16H13F2N3O2S/c17-16(18)24-15-4-3-11(8-19-15)20-13(22)6-9-1-2-10-7-14(23)21-12(10)5-9/h1-5,8,16H,6-7H2,(H,20,22)(H,21,23). The van der Waals surface area contributed by atoms with Crippen LogP contribution in [0.1, 0.15) is 11.1 Å². The van der Waals surface area contributed by atoms with E-state index in [4.69, 9.17) is 0 Å². The second kappa shape index (κ2) is 6.96. The second-order valence-corrected chi connectivity index (χ2v) is 6.22. The van der Waals surface area contributed by atoms with Crippen molar-refractivity contribution >= 4 is 35.0 Å². The third kappa shape index (κ3) is 4.08. The predicted octanol–water partition coefficient (Wildman–Crippen LogP) is 3.07. The Kier molecular flexibility index (Phi) is 4.75. The summed E-state index contributed by atoms with van der Waals surface area (Å²) >= 11 is 0.349. The number of alkyl halides is 2. The molecule has 24 heavy (non-hydrogen) atoms. The van der Waals surface area contributed by atoms with Crippen LogP contribution in [0.4, 0.5) is 20.2 Å². The van der Waals surface area contributed by atoms with Crippen LogP contribution in [0.15, 0.2) is 41.6 Å². The molecule has 2 amide bonds. The molecule has 5 nitrogen and oxygen atoms in total. The number of rotatable bonds is 5. The summed E-state index contributed by atoms with van der Waals surface area (Å²) in [6.07, 6.45) is 1.83. The number of hydrogen-bond acceptors (Lipinski definition) is 4. The smallest absolute Gasteiger partial charge is 0.290 e. The number of carbonyl (C=O) groups excluding carboxylic acids is 2. The minimum atomic E-state index is -2.53. The number of halogens is 2. The molecule has 3 rings (SSSR count). The zero-order chi connectivity index (χ0) is 17.1. The van der Waals surface area contributed by atoms with E-state index in [0.717, 1.165) is 16.8 Å². The lowest BCUT2D eigenvalue weighted by Gasteiger charge is -2.07. The molecule has 0 bridgehead atoms. The van der Waals surface area contributed by atoms with Crippen LogP contribution in [0.3, 0.4) is 0 Å². The Morgan fingerprint density at radius 2 is 2.17 bits per heavy atom. The average Bonchev–Trinajstić information content (AvgIpc) is 2.88. The largest absolute Gasteiger partial charge is 0.326 e. The zero-order valence-corrected chi connectivity index (χ0v) is 13.2. The molecule has 0 aliphatic carbocycles. The quantitative estimate of drug-likeness (QED) is 0.814. The van der Waals surface area contributed by atoms with E-state index >= 15 is 0 Å². The normalized spacial score (nSPS) is 12.9. The highest BCUT2D eigenvalue weighted by molar-refractivity contribution is 7.99. The van der Waals surface area contributed by atoms with Crippen LogP contribution >= 0.6 is 11.8 Å². The molecule has 1 aliphatic rings. The highest BCUT2D eigenvalue weighted by Gasteiger charge is 2.18. The number of nitrogens with one attached hydrogen (secondary N) is 2. The Balaban J connectivity index is 1.60. The molecular formula is C16H13F2N3O2S. The molecule has 0 saturated carbocycles. The summed E-state index contributed by atoms with van der Waals surface area (Å²) in [4.78, 5) is 27.2. The van der Waals surface area contributed by atoms with Gasteiger partial charge in [-0.25, -0.2) is 4.98 Å². The second-order valence-electron chi connectivity index (χ2n) is 5.21. The summed E-state index contributed by atoms with van der Waals surface area (Å²) in [6, 6.07) is 8.36. The van der Waals surface area contributed by atoms with Gasteiger partial charge < -0.3 is 10.6 Å². The SMILES string of the molecule is O=C(Cc1ccc2c(c1)NC(=O)C2)Nc1ccc(SC(F)F)nc1. The number of nitrogens with zero attached hydrogens (tertiary/aromatic N) is 1. The third-order valence-electron chi connectivity index (χ3n) is 3.39. The molecule has 1 aromatic heterocycles. The Morgan fingerprint density at radius 3 is 2.88 bits per heavy atom. The van der Waals surface area contributed by atoms with Crippen LogP contribution in [0, 0.1) is 0 Å². The van der Waals surface area contributed by atoms with Crippen molar-refractivity contribution in [3.63, 3.8) is 0 Å². The van der Waals surface area contributed by atoms with Gasteiger partial charge in [0.05, 0.1) is 24.7 Å². The fraction of sp³-hybridized carbons (Fsp3) is 0.188. The van der Waals surface area contributed by atoms with Crippen molar-refractivity contribution in [2.45, 2.75) is 23.6 Å². The first-order chi connectivity index (χ1) is 11.5. The van der Waals surface area contributed by atoms with E-state index in [1.165, 1.54) is 18.3 Å². The van der Waals surface area contributed by atoms with Gasteiger partial charge in [0.15, 0.2) is 0 Å². The number of thioether (sulfide) groups is 1. The first kappa shape index (κ1) is 16.4. The van der Waals surface area contributed by atoms with E-state index in [9.17, 15) is 18.4 Å². The van der Waals surface area contributed by atoms with Gasteiger partial charge >= 0.3 is 0 Å². The molecule has 124 valence electrons. The number of hydrogen-bond donors (Lipinski definition) is 2. The molecule has 1 aliphatic heterocycles. The van der Waals surface area contributed by atoms with Gasteiger partial charge in [-0.05, 0) is 41.1 Å². The van der Waals surface area contributed by atoms with Crippen molar-refractivity contribution in [2.24, 2.45) is 0 Å². The first-order valence-electron chi connectivity index (χ1n) is 7.12. The van der Waals surface area contributed by atoms with Gasteiger partial charge in [-0.3, -0.25) is 9.59 Å². The summed E-state index contributed by atoms with van der Waals surface area (Å²) in [7, 11) is 0. The summed E-state index contributed by atoms with van der Waals surface area (Å²) in [5, 5.41) is 5.59. The van der Waals surface area contributed by atoms with E-state index in [1.807, 2.05) is 6.07 Å². The van der Waals surface area contributed by atoms with Crippen molar-refractivity contribution in [3.05, 3.63) is 47.7 Å². The predicted molar refractivity (Wildman–Crippen MR) is 87.2 cm³/mol. The number of carbonyl (C=O) groups is 2. The molecule has 1 aromatic carbocycles. The van der Waals surface area contributed by atoms with Gasteiger partial charge in [0.25, 0.3) is 5.76 Å².